The van der Waals surface area contributed by atoms with E-state index < -0.39 is 47.7 Å². The van der Waals surface area contributed by atoms with Gasteiger partial charge in [-0.25, -0.2) is 4.79 Å². The maximum Gasteiger partial charge on any atom is 0.408 e. The highest BCUT2D eigenvalue weighted by Crippen LogP contribution is 2.19. The number of carbonyl (C=O) groups excluding carboxylic acids is 4. The summed E-state index contributed by atoms with van der Waals surface area (Å²) < 4.78 is 10.6. The van der Waals surface area contributed by atoms with Crippen molar-refractivity contribution in [3.63, 3.8) is 0 Å². The molecule has 3 atom stereocenters. The van der Waals surface area contributed by atoms with Crippen LogP contribution in [-0.4, -0.2) is 42.9 Å². The summed E-state index contributed by atoms with van der Waals surface area (Å²) in [6.07, 6.45) is -0.618. The van der Waals surface area contributed by atoms with Gasteiger partial charge in [-0.1, -0.05) is 86.6 Å². The summed E-state index contributed by atoms with van der Waals surface area (Å²) in [5, 5.41) is 8.01. The summed E-state index contributed by atoms with van der Waals surface area (Å²) in [5.41, 5.74) is 2.36. The summed E-state index contributed by atoms with van der Waals surface area (Å²) in [6.45, 7) is 5.25. The zero-order chi connectivity index (χ0) is 29.8. The Labute approximate surface area is 240 Å². The summed E-state index contributed by atoms with van der Waals surface area (Å²) in [4.78, 5) is 52.2. The number of amides is 3. The number of carbonyl (C=O) groups is 4. The van der Waals surface area contributed by atoms with Gasteiger partial charge in [0.05, 0.1) is 19.2 Å². The lowest BCUT2D eigenvalue weighted by molar-refractivity contribution is -0.141. The van der Waals surface area contributed by atoms with E-state index >= 15 is 0 Å². The van der Waals surface area contributed by atoms with Crippen LogP contribution in [0, 0.1) is 5.92 Å². The van der Waals surface area contributed by atoms with Crippen molar-refractivity contribution in [3.05, 3.63) is 102 Å². The van der Waals surface area contributed by atoms with Gasteiger partial charge in [0.25, 0.3) is 5.91 Å². The van der Waals surface area contributed by atoms with E-state index in [0.717, 1.165) is 16.7 Å². The first kappa shape index (κ1) is 30.9. The Bertz CT molecular complexity index is 1310. The first-order valence-electron chi connectivity index (χ1n) is 13.5. The van der Waals surface area contributed by atoms with Gasteiger partial charge < -0.3 is 25.4 Å². The van der Waals surface area contributed by atoms with Crippen molar-refractivity contribution in [1.82, 2.24) is 16.0 Å². The van der Waals surface area contributed by atoms with Gasteiger partial charge in [0, 0.05) is 6.42 Å². The summed E-state index contributed by atoms with van der Waals surface area (Å²) in [7, 11) is 1.55. The average molecular weight is 560 g/mol. The minimum Gasteiger partial charge on any atom is -0.497 e. The molecular weight excluding hydrogens is 522 g/mol. The number of hydrogen-bond acceptors (Lipinski definition) is 6. The van der Waals surface area contributed by atoms with Crippen molar-refractivity contribution in [2.75, 3.05) is 7.11 Å². The lowest BCUT2D eigenvalue weighted by Gasteiger charge is -2.25. The van der Waals surface area contributed by atoms with Crippen LogP contribution < -0.4 is 20.7 Å². The van der Waals surface area contributed by atoms with E-state index in [1.165, 1.54) is 0 Å². The van der Waals surface area contributed by atoms with Crippen LogP contribution in [0.2, 0.25) is 0 Å². The Hall–Kier alpha value is -4.66. The fraction of sp³-hybridized carbons (Fsp3) is 0.312. The third-order valence-electron chi connectivity index (χ3n) is 6.52. The Balaban J connectivity index is 1.69. The van der Waals surface area contributed by atoms with E-state index in [0.29, 0.717) is 5.75 Å². The van der Waals surface area contributed by atoms with Gasteiger partial charge in [0.15, 0.2) is 0 Å². The van der Waals surface area contributed by atoms with Crippen molar-refractivity contribution in [2.24, 2.45) is 5.92 Å². The lowest BCUT2D eigenvalue weighted by atomic mass is 9.97. The van der Waals surface area contributed by atoms with E-state index in [1.807, 2.05) is 66.7 Å². The predicted octanol–water partition coefficient (Wildman–Crippen LogP) is 4.12. The number of alkyl carbamates (subject to hydrolysis) is 1. The van der Waals surface area contributed by atoms with Crippen molar-refractivity contribution in [1.29, 1.82) is 0 Å². The van der Waals surface area contributed by atoms with E-state index in [1.54, 1.807) is 46.1 Å². The second-order valence-corrected chi connectivity index (χ2v) is 10.0. The molecular formula is C32H37N3O6. The number of hydrogen-bond donors (Lipinski definition) is 3. The molecule has 3 amide bonds. The van der Waals surface area contributed by atoms with E-state index in [2.05, 4.69) is 16.0 Å². The van der Waals surface area contributed by atoms with Crippen LogP contribution in [-0.2, 0) is 32.1 Å². The van der Waals surface area contributed by atoms with Crippen molar-refractivity contribution in [3.8, 4) is 5.75 Å². The molecule has 41 heavy (non-hydrogen) atoms. The summed E-state index contributed by atoms with van der Waals surface area (Å²) in [6, 6.07) is 22.8. The van der Waals surface area contributed by atoms with Crippen LogP contribution in [0.15, 0.2) is 84.9 Å². The van der Waals surface area contributed by atoms with Gasteiger partial charge in [0.2, 0.25) is 11.7 Å². The Morgan fingerprint density at radius 2 is 1.39 bits per heavy atom. The lowest BCUT2D eigenvalue weighted by Crippen LogP contribution is -2.56. The van der Waals surface area contributed by atoms with Gasteiger partial charge in [-0.05, 0) is 41.7 Å². The van der Waals surface area contributed by atoms with Crippen LogP contribution in [0.1, 0.15) is 43.5 Å². The molecule has 9 heteroatoms. The van der Waals surface area contributed by atoms with Crippen LogP contribution in [0.25, 0.3) is 0 Å². The fourth-order valence-corrected chi connectivity index (χ4v) is 4.16. The standard InChI is InChI=1S/C32H37N3O6/c1-21(2)28(29(36)31(38)33-22(3)25-16-11-17-26(19-25)40-4)35-30(37)27(18-23-12-7-5-8-13-23)34-32(39)41-20-24-14-9-6-10-15-24/h5-17,19,21-22,27-28H,18,20H2,1-4H3,(H,33,38)(H,34,39)(H,35,37)/t22-,27+,28+/m1/s1. The molecule has 0 unspecified atom stereocenters. The van der Waals surface area contributed by atoms with Crippen molar-refractivity contribution < 1.29 is 28.7 Å². The smallest absolute Gasteiger partial charge is 0.408 e. The highest BCUT2D eigenvalue weighted by atomic mass is 16.5. The molecule has 3 N–H and O–H groups in total. The van der Waals surface area contributed by atoms with Crippen molar-refractivity contribution >= 4 is 23.7 Å². The van der Waals surface area contributed by atoms with Crippen LogP contribution in [0.5, 0.6) is 5.75 Å². The molecule has 0 spiro atoms. The van der Waals surface area contributed by atoms with E-state index in [-0.39, 0.29) is 13.0 Å². The molecule has 3 aromatic rings. The molecule has 3 aromatic carbocycles. The molecule has 0 saturated carbocycles. The number of nitrogens with one attached hydrogen (secondary N) is 3. The van der Waals surface area contributed by atoms with Crippen LogP contribution in [0.4, 0.5) is 4.79 Å². The second-order valence-electron chi connectivity index (χ2n) is 10.0. The third kappa shape index (κ3) is 9.49. The Morgan fingerprint density at radius 1 is 0.756 bits per heavy atom. The molecule has 0 heterocycles. The second kappa shape index (κ2) is 15.2. The van der Waals surface area contributed by atoms with Gasteiger partial charge >= 0.3 is 6.09 Å². The van der Waals surface area contributed by atoms with Gasteiger partial charge in [-0.3, -0.25) is 14.4 Å². The van der Waals surface area contributed by atoms with Crippen molar-refractivity contribution in [2.45, 2.75) is 51.9 Å². The maximum atomic E-state index is 13.4. The zero-order valence-corrected chi connectivity index (χ0v) is 23.8. The number of methoxy groups -OCH3 is 1. The van der Waals surface area contributed by atoms with E-state index in [9.17, 15) is 19.2 Å². The monoisotopic (exact) mass is 559 g/mol. The average Bonchev–Trinajstić information content (AvgIpc) is 2.98. The van der Waals surface area contributed by atoms with E-state index in [4.69, 9.17) is 9.47 Å². The summed E-state index contributed by atoms with van der Waals surface area (Å²) in [5.74, 6) is -1.98. The molecule has 0 saturated heterocycles. The number of rotatable bonds is 13. The highest BCUT2D eigenvalue weighted by Gasteiger charge is 2.33. The first-order valence-corrected chi connectivity index (χ1v) is 13.5. The number of ketones is 1. The van der Waals surface area contributed by atoms with Crippen LogP contribution >= 0.6 is 0 Å². The Morgan fingerprint density at radius 3 is 2.00 bits per heavy atom. The minimum absolute atomic E-state index is 0.0328. The molecule has 0 aliphatic rings. The molecule has 0 fully saturated rings. The normalized spacial score (nSPS) is 12.9. The van der Waals surface area contributed by atoms with Gasteiger partial charge in [0.1, 0.15) is 18.4 Å². The van der Waals surface area contributed by atoms with Gasteiger partial charge in [-0.15, -0.1) is 0 Å². The predicted molar refractivity (Wildman–Crippen MR) is 155 cm³/mol. The number of benzene rings is 3. The topological polar surface area (TPSA) is 123 Å². The zero-order valence-electron chi connectivity index (χ0n) is 23.8. The van der Waals surface area contributed by atoms with Gasteiger partial charge in [-0.2, -0.15) is 0 Å². The number of ether oxygens (including phenoxy) is 2. The third-order valence-corrected chi connectivity index (χ3v) is 6.52. The quantitative estimate of drug-likeness (QED) is 0.271. The maximum absolute atomic E-state index is 13.4. The largest absolute Gasteiger partial charge is 0.497 e. The SMILES string of the molecule is COc1cccc([C@@H](C)NC(=O)C(=O)[C@@H](NC(=O)[C@H](Cc2ccccc2)NC(=O)OCc2ccccc2)C(C)C)c1. The molecule has 216 valence electrons. The molecule has 9 nitrogen and oxygen atoms in total. The van der Waals surface area contributed by atoms with Crippen LogP contribution in [0.3, 0.4) is 0 Å². The molecule has 0 radical (unpaired) electrons. The first-order chi connectivity index (χ1) is 19.7. The molecule has 0 aromatic heterocycles. The molecule has 0 aliphatic carbocycles. The highest BCUT2D eigenvalue weighted by molar-refractivity contribution is 6.38. The Kier molecular flexibility index (Phi) is 11.5. The fourth-order valence-electron chi connectivity index (χ4n) is 4.16. The summed E-state index contributed by atoms with van der Waals surface area (Å²) >= 11 is 0. The molecule has 0 bridgehead atoms. The molecule has 3 rings (SSSR count). The minimum atomic E-state index is -1.11. The number of Topliss-reactive ketones (excluding diaryl/α,β-unsaturated/α-hetero) is 1. The molecule has 0 aliphatic heterocycles.